The Hall–Kier alpha value is -1.47. The van der Waals surface area contributed by atoms with Crippen LogP contribution in [0.2, 0.25) is 0 Å². The van der Waals surface area contributed by atoms with Crippen molar-refractivity contribution in [1.29, 1.82) is 0 Å². The van der Waals surface area contributed by atoms with Crippen LogP contribution in [-0.4, -0.2) is 37.4 Å². The van der Waals surface area contributed by atoms with E-state index in [1.165, 1.54) is 12.1 Å². The van der Waals surface area contributed by atoms with Gasteiger partial charge in [0.15, 0.2) is 0 Å². The van der Waals surface area contributed by atoms with Crippen molar-refractivity contribution in [2.45, 2.75) is 55.8 Å². The van der Waals surface area contributed by atoms with Crippen molar-refractivity contribution in [2.75, 3.05) is 6.61 Å². The molecule has 0 saturated heterocycles. The summed E-state index contributed by atoms with van der Waals surface area (Å²) in [6.07, 6.45) is 3.44. The van der Waals surface area contributed by atoms with Gasteiger partial charge in [-0.2, -0.15) is 0 Å². The summed E-state index contributed by atoms with van der Waals surface area (Å²) < 4.78 is 47.9. The summed E-state index contributed by atoms with van der Waals surface area (Å²) in [5, 5.41) is 8.75. The van der Waals surface area contributed by atoms with Gasteiger partial charge in [0.1, 0.15) is 17.2 Å². The Morgan fingerprint density at radius 3 is 2.88 bits per heavy atom. The molecule has 2 unspecified atom stereocenters. The van der Waals surface area contributed by atoms with E-state index < -0.39 is 15.3 Å². The van der Waals surface area contributed by atoms with Gasteiger partial charge in [0.05, 0.1) is 0 Å². The first-order valence-corrected chi connectivity index (χ1v) is 9.85. The van der Waals surface area contributed by atoms with E-state index in [0.717, 1.165) is 12.8 Å². The van der Waals surface area contributed by atoms with E-state index in [1.807, 2.05) is 0 Å². The van der Waals surface area contributed by atoms with Crippen LogP contribution in [-0.2, 0) is 14.8 Å². The molecule has 24 heavy (non-hydrogen) atoms. The number of aliphatic hydroxyl groups is 1. The number of sulfonamides is 1. The van der Waals surface area contributed by atoms with Gasteiger partial charge in [-0.1, -0.05) is 18.6 Å². The Bertz CT molecular complexity index is 719. The molecule has 1 aliphatic carbocycles. The Morgan fingerprint density at radius 2 is 2.12 bits per heavy atom. The summed E-state index contributed by atoms with van der Waals surface area (Å²) in [7, 11) is -3.56. The zero-order valence-electron chi connectivity index (χ0n) is 13.4. The molecule has 1 heterocycles. The fourth-order valence-corrected chi connectivity index (χ4v) is 5.12. The number of halogens is 1. The highest BCUT2D eigenvalue weighted by atomic mass is 32.2. The molecule has 3 rings (SSSR count). The molecular weight excluding hydrogens is 333 g/mol. The van der Waals surface area contributed by atoms with E-state index in [1.54, 1.807) is 12.1 Å². The van der Waals surface area contributed by atoms with Crippen LogP contribution in [0.1, 0.15) is 50.0 Å². The minimum atomic E-state index is -3.56. The van der Waals surface area contributed by atoms with Crippen LogP contribution in [0.3, 0.4) is 0 Å². The number of aliphatic hydroxyl groups excluding tert-OH is 1. The maximum absolute atomic E-state index is 13.5. The second-order valence-electron chi connectivity index (χ2n) is 6.45. The average molecular weight is 355 g/mol. The second kappa shape index (κ2) is 7.19. The summed E-state index contributed by atoms with van der Waals surface area (Å²) in [4.78, 5) is 0. The molecule has 0 aromatic heterocycles. The van der Waals surface area contributed by atoms with Crippen LogP contribution in [0.5, 0.6) is 0 Å². The number of rotatable bonds is 5. The van der Waals surface area contributed by atoms with Crippen molar-refractivity contribution < 1.29 is 22.7 Å². The first kappa shape index (κ1) is 17.4. The van der Waals surface area contributed by atoms with Gasteiger partial charge in [-0.3, -0.25) is 0 Å². The van der Waals surface area contributed by atoms with Crippen LogP contribution in [0.15, 0.2) is 28.7 Å². The Kier molecular flexibility index (Phi) is 5.20. The predicted octanol–water partition coefficient (Wildman–Crippen LogP) is 2.75. The average Bonchev–Trinajstić information content (AvgIpc) is 2.54. The number of hydrogen-bond donors (Lipinski definition) is 1. The van der Waals surface area contributed by atoms with Gasteiger partial charge in [-0.25, -0.2) is 12.8 Å². The van der Waals surface area contributed by atoms with Crippen LogP contribution in [0.4, 0.5) is 4.39 Å². The number of hydrogen-bond acceptors (Lipinski definition) is 4. The first-order valence-electron chi connectivity index (χ1n) is 8.35. The lowest BCUT2D eigenvalue weighted by Crippen LogP contribution is -2.43. The molecule has 5 nitrogen and oxygen atoms in total. The van der Waals surface area contributed by atoms with Gasteiger partial charge < -0.3 is 9.84 Å². The molecule has 0 radical (unpaired) electrons. The SMILES string of the molecule is O=S1(=O)N=C(C[C@@H](CCO)c2cccc(F)c2)OC2CCCCC21. The summed E-state index contributed by atoms with van der Waals surface area (Å²) in [6.45, 7) is -0.0761. The summed E-state index contributed by atoms with van der Waals surface area (Å²) in [6, 6.07) is 6.13. The zero-order valence-corrected chi connectivity index (χ0v) is 14.2. The van der Waals surface area contributed by atoms with Gasteiger partial charge >= 0.3 is 0 Å². The second-order valence-corrected chi connectivity index (χ2v) is 8.27. The van der Waals surface area contributed by atoms with Gasteiger partial charge in [0, 0.05) is 13.0 Å². The lowest BCUT2D eigenvalue weighted by atomic mass is 9.92. The van der Waals surface area contributed by atoms with Crippen molar-refractivity contribution >= 4 is 15.9 Å². The molecule has 0 spiro atoms. The van der Waals surface area contributed by atoms with Crippen molar-refractivity contribution in [2.24, 2.45) is 4.40 Å². The van der Waals surface area contributed by atoms with E-state index in [4.69, 9.17) is 4.74 Å². The van der Waals surface area contributed by atoms with Crippen molar-refractivity contribution in [3.8, 4) is 0 Å². The molecule has 2 aliphatic rings. The number of benzene rings is 1. The summed E-state index contributed by atoms with van der Waals surface area (Å²) in [5.74, 6) is -0.414. The summed E-state index contributed by atoms with van der Waals surface area (Å²) in [5.41, 5.74) is 0.707. The van der Waals surface area contributed by atoms with Gasteiger partial charge in [-0.15, -0.1) is 4.40 Å². The topological polar surface area (TPSA) is 76.0 Å². The molecule has 3 atom stereocenters. The standard InChI is InChI=1S/C17H22FNO4S/c18-14-5-3-4-12(10-14)13(8-9-20)11-17-19-24(21,22)16-7-2-1-6-15(16)23-17/h3-5,10,13,15-16,20H,1-2,6-9,11H2/t13-,15?,16?/m1/s1. The Morgan fingerprint density at radius 1 is 1.33 bits per heavy atom. The predicted molar refractivity (Wildman–Crippen MR) is 88.9 cm³/mol. The van der Waals surface area contributed by atoms with Crippen LogP contribution >= 0.6 is 0 Å². The fourth-order valence-electron chi connectivity index (χ4n) is 3.54. The zero-order chi connectivity index (χ0) is 17.2. The van der Waals surface area contributed by atoms with Crippen molar-refractivity contribution in [3.63, 3.8) is 0 Å². The first-order chi connectivity index (χ1) is 11.5. The molecular formula is C17H22FNO4S. The molecule has 1 fully saturated rings. The highest BCUT2D eigenvalue weighted by Crippen LogP contribution is 2.34. The molecule has 1 aromatic rings. The molecule has 1 aliphatic heterocycles. The van der Waals surface area contributed by atoms with Gasteiger partial charge in [0.25, 0.3) is 10.0 Å². The minimum Gasteiger partial charge on any atom is -0.475 e. The molecule has 1 saturated carbocycles. The summed E-state index contributed by atoms with van der Waals surface area (Å²) >= 11 is 0. The van der Waals surface area contributed by atoms with E-state index in [2.05, 4.69) is 4.40 Å². The molecule has 0 bridgehead atoms. The monoisotopic (exact) mass is 355 g/mol. The van der Waals surface area contributed by atoms with Crippen LogP contribution < -0.4 is 0 Å². The third-order valence-electron chi connectivity index (χ3n) is 4.76. The van der Waals surface area contributed by atoms with Crippen LogP contribution in [0, 0.1) is 5.82 Å². The number of nitrogens with zero attached hydrogens (tertiary/aromatic N) is 1. The maximum atomic E-state index is 13.5. The third kappa shape index (κ3) is 3.78. The molecule has 1 aromatic carbocycles. The van der Waals surface area contributed by atoms with E-state index >= 15 is 0 Å². The normalized spacial score (nSPS) is 26.8. The number of ether oxygens (including phenoxy) is 1. The Balaban J connectivity index is 1.83. The fraction of sp³-hybridized carbons (Fsp3) is 0.588. The van der Waals surface area contributed by atoms with E-state index in [9.17, 15) is 17.9 Å². The van der Waals surface area contributed by atoms with E-state index in [0.29, 0.717) is 24.8 Å². The van der Waals surface area contributed by atoms with Crippen LogP contribution in [0.25, 0.3) is 0 Å². The molecule has 1 N–H and O–H groups in total. The maximum Gasteiger partial charge on any atom is 0.262 e. The quantitative estimate of drug-likeness (QED) is 0.881. The lowest BCUT2D eigenvalue weighted by Gasteiger charge is -2.34. The minimum absolute atomic E-state index is 0.0761. The third-order valence-corrected chi connectivity index (χ3v) is 6.52. The van der Waals surface area contributed by atoms with Gasteiger partial charge in [-0.05, 0) is 49.3 Å². The smallest absolute Gasteiger partial charge is 0.262 e. The Labute approximate surface area is 141 Å². The van der Waals surface area contributed by atoms with E-state index in [-0.39, 0.29) is 36.8 Å². The molecule has 132 valence electrons. The molecule has 7 heteroatoms. The van der Waals surface area contributed by atoms with Crippen molar-refractivity contribution in [3.05, 3.63) is 35.6 Å². The van der Waals surface area contributed by atoms with Crippen molar-refractivity contribution in [1.82, 2.24) is 0 Å². The number of fused-ring (bicyclic) bond motifs is 1. The molecule has 0 amide bonds. The highest BCUT2D eigenvalue weighted by molar-refractivity contribution is 7.91. The van der Waals surface area contributed by atoms with Gasteiger partial charge in [0.2, 0.25) is 5.90 Å². The largest absolute Gasteiger partial charge is 0.475 e. The highest BCUT2D eigenvalue weighted by Gasteiger charge is 2.41. The lowest BCUT2D eigenvalue weighted by molar-refractivity contribution is 0.134.